The molecule has 0 N–H and O–H groups in total. The van der Waals surface area contributed by atoms with Crippen LogP contribution in [-0.4, -0.2) is 59.8 Å². The predicted molar refractivity (Wildman–Crippen MR) is 523 cm³/mol. The number of hydrogen-bond donors (Lipinski definition) is 0. The summed E-state index contributed by atoms with van der Waals surface area (Å²) in [5.41, 5.74) is 39.8. The Morgan fingerprint density at radius 1 is 0.127 bits per heavy atom. The Morgan fingerprint density at radius 2 is 0.333 bits per heavy atom. The largest absolute Gasteiger partial charge is 0.233 e. The molecule has 12 heteroatoms. The Labute approximate surface area is 744 Å². The number of nitrogens with zero attached hydrogens (tertiary/aromatic N) is 12. The Kier molecular flexibility index (Phi) is 29.5. The lowest BCUT2D eigenvalue weighted by atomic mass is 10.0. The van der Waals surface area contributed by atoms with Crippen molar-refractivity contribution in [2.45, 2.75) is 125 Å². The summed E-state index contributed by atoms with van der Waals surface area (Å²) in [6.45, 7) is 37.2. The molecule has 0 aliphatic rings. The van der Waals surface area contributed by atoms with E-state index in [1.807, 2.05) is 126 Å². The van der Waals surface area contributed by atoms with Gasteiger partial charge in [0.05, 0.1) is 34.2 Å². The van der Waals surface area contributed by atoms with Crippen LogP contribution in [0.3, 0.4) is 0 Å². The maximum atomic E-state index is 4.78. The molecule has 6 heterocycles. The molecule has 12 nitrogen and oxygen atoms in total. The minimum atomic E-state index is 0.783. The first-order chi connectivity index (χ1) is 60.8. The van der Waals surface area contributed by atoms with Crippen LogP contribution in [0.4, 0.5) is 0 Å². The molecule has 0 bridgehead atoms. The van der Waals surface area contributed by atoms with E-state index in [2.05, 4.69) is 356 Å². The molecule has 0 radical (unpaired) electrons. The zero-order valence-corrected chi connectivity index (χ0v) is 75.5. The average Bonchev–Trinajstić information content (AvgIpc) is 0.845. The zero-order valence-electron chi connectivity index (χ0n) is 75.5. The SMILES string of the molecule is Cc1cc(-c2ccccc2C)nc(-c2ccccc2C)n1.Cc1cc(-c2ccccc2C)nc(-c2ccccc2C)n1.Cc1ccc(-c2cc(C)nc(-c3ccc(C)cc3)n2)cc1.Cc1ccc(-c2cc(C)nc(-c3ccc(C)cc3)n2)cc1.Cc1cccc(-c2cc(C)nc(-c3cccc(C)c3)n2)c1.Cc1cccc(-c2cc(C)nc(-c3cccc(C)c3)n2)c1. The van der Waals surface area contributed by atoms with Gasteiger partial charge in [0.2, 0.25) is 0 Å². The quantitative estimate of drug-likeness (QED) is 0.114. The fourth-order valence-corrected chi connectivity index (χ4v) is 14.4. The topological polar surface area (TPSA) is 155 Å². The highest BCUT2D eigenvalue weighted by atomic mass is 14.9. The highest BCUT2D eigenvalue weighted by Crippen LogP contribution is 2.33. The van der Waals surface area contributed by atoms with Crippen LogP contribution >= 0.6 is 0 Å². The molecule has 0 amide bonds. The Balaban J connectivity index is 0.000000130. The maximum absolute atomic E-state index is 4.78. The lowest BCUT2D eigenvalue weighted by molar-refractivity contribution is 1.11. The third kappa shape index (κ3) is 24.3. The number of rotatable bonds is 12. The molecule has 0 spiro atoms. The van der Waals surface area contributed by atoms with E-state index >= 15 is 0 Å². The van der Waals surface area contributed by atoms with Gasteiger partial charge in [-0.3, -0.25) is 0 Å². The minimum Gasteiger partial charge on any atom is -0.233 e. The highest BCUT2D eigenvalue weighted by Gasteiger charge is 2.16. The summed E-state index contributed by atoms with van der Waals surface area (Å²) < 4.78 is 0. The van der Waals surface area contributed by atoms with Crippen molar-refractivity contribution in [3.8, 4) is 136 Å². The first-order valence-corrected chi connectivity index (χ1v) is 42.7. The third-order valence-corrected chi connectivity index (χ3v) is 21.2. The Bertz CT molecular complexity index is 6000. The first kappa shape index (κ1) is 88.9. The van der Waals surface area contributed by atoms with E-state index in [0.717, 1.165) is 170 Å². The highest BCUT2D eigenvalue weighted by molar-refractivity contribution is 5.73. The van der Waals surface area contributed by atoms with Crippen LogP contribution < -0.4 is 0 Å². The molecular weight excluding hydrogens is 1540 g/mol. The minimum absolute atomic E-state index is 0.783. The van der Waals surface area contributed by atoms with Crippen molar-refractivity contribution in [3.63, 3.8) is 0 Å². The van der Waals surface area contributed by atoms with Crippen LogP contribution in [0.2, 0.25) is 0 Å². The van der Waals surface area contributed by atoms with E-state index in [4.69, 9.17) is 29.9 Å². The molecule has 624 valence electrons. The fourth-order valence-electron chi connectivity index (χ4n) is 14.4. The normalized spacial score (nSPS) is 10.6. The zero-order chi connectivity index (χ0) is 88.9. The Morgan fingerprint density at radius 3 is 0.603 bits per heavy atom. The van der Waals surface area contributed by atoms with Gasteiger partial charge < -0.3 is 0 Å². The van der Waals surface area contributed by atoms with Crippen molar-refractivity contribution in [3.05, 3.63) is 429 Å². The van der Waals surface area contributed by atoms with Crippen LogP contribution in [-0.2, 0) is 0 Å². The van der Waals surface area contributed by atoms with Gasteiger partial charge in [-0.25, -0.2) is 59.8 Å². The molecule has 126 heavy (non-hydrogen) atoms. The second-order valence-corrected chi connectivity index (χ2v) is 32.5. The van der Waals surface area contributed by atoms with Crippen LogP contribution in [0.5, 0.6) is 0 Å². The van der Waals surface area contributed by atoms with Crippen LogP contribution in [0.1, 0.15) is 101 Å². The lowest BCUT2D eigenvalue weighted by Gasteiger charge is -2.10. The van der Waals surface area contributed by atoms with Crippen LogP contribution in [0.25, 0.3) is 136 Å². The average molecular weight is 1650 g/mol. The third-order valence-electron chi connectivity index (χ3n) is 21.2. The van der Waals surface area contributed by atoms with Gasteiger partial charge in [-0.1, -0.05) is 311 Å². The van der Waals surface area contributed by atoms with Crippen molar-refractivity contribution in [2.24, 2.45) is 0 Å². The fraction of sp³-hybridized carbons (Fsp3) is 0.158. The number of aryl methyl sites for hydroxylation is 18. The van der Waals surface area contributed by atoms with E-state index in [0.29, 0.717) is 0 Å². The van der Waals surface area contributed by atoms with Crippen molar-refractivity contribution in [1.29, 1.82) is 0 Å². The number of hydrogen-bond acceptors (Lipinski definition) is 12. The smallest absolute Gasteiger partial charge is 0.160 e. The summed E-state index contributed by atoms with van der Waals surface area (Å²) in [6, 6.07) is 112. The predicted octanol–water partition coefficient (Wildman–Crippen LogP) is 28.4. The second-order valence-electron chi connectivity index (χ2n) is 32.5. The van der Waals surface area contributed by atoms with Gasteiger partial charge in [-0.15, -0.1) is 0 Å². The maximum Gasteiger partial charge on any atom is 0.160 e. The molecule has 0 saturated heterocycles. The molecule has 0 aliphatic carbocycles. The first-order valence-electron chi connectivity index (χ1n) is 42.7. The molecule has 0 atom stereocenters. The van der Waals surface area contributed by atoms with E-state index < -0.39 is 0 Å². The molecule has 12 aromatic carbocycles. The van der Waals surface area contributed by atoms with Gasteiger partial charge in [0.1, 0.15) is 0 Å². The molecule has 18 aromatic rings. The lowest BCUT2D eigenvalue weighted by Crippen LogP contribution is -1.97. The molecule has 0 saturated carbocycles. The molecule has 6 aromatic heterocycles. The van der Waals surface area contributed by atoms with E-state index in [-0.39, 0.29) is 0 Å². The standard InChI is InChI=1S/6C19H18N2/c2*1-13-4-8-16(9-5-13)18-12-15(3)20-19(21-18)17-10-6-14(2)7-11-17;2*1-13-6-4-8-16(10-13)18-12-15(3)20-19(21-18)17-9-5-7-14(2)11-17;2*1-13-8-4-6-10-16(13)18-12-15(3)20-19(21-18)17-11-7-5-9-14(17)2/h6*4-12H,1-3H3. The summed E-state index contributed by atoms with van der Waals surface area (Å²) in [5.74, 6) is 4.74. The number of aromatic nitrogens is 12. The van der Waals surface area contributed by atoms with Crippen molar-refractivity contribution >= 4 is 0 Å². The summed E-state index contributed by atoms with van der Waals surface area (Å²) >= 11 is 0. The molecule has 0 aliphatic heterocycles. The summed E-state index contributed by atoms with van der Waals surface area (Å²) in [7, 11) is 0. The second kappa shape index (κ2) is 41.8. The summed E-state index contributed by atoms with van der Waals surface area (Å²) in [6.07, 6.45) is 0. The summed E-state index contributed by atoms with van der Waals surface area (Å²) in [5, 5.41) is 0. The molecule has 18 rings (SSSR count). The van der Waals surface area contributed by atoms with E-state index in [9.17, 15) is 0 Å². The molecular formula is C114H108N12. The van der Waals surface area contributed by atoms with E-state index in [1.54, 1.807) is 0 Å². The van der Waals surface area contributed by atoms with Crippen LogP contribution in [0, 0.1) is 125 Å². The van der Waals surface area contributed by atoms with Gasteiger partial charge in [-0.05, 0) is 208 Å². The van der Waals surface area contributed by atoms with Gasteiger partial charge in [-0.2, -0.15) is 0 Å². The number of benzene rings is 12. The Hall–Kier alpha value is -14.9. The summed E-state index contributed by atoms with van der Waals surface area (Å²) in [4.78, 5) is 56.0. The van der Waals surface area contributed by atoms with E-state index in [1.165, 1.54) is 66.8 Å². The van der Waals surface area contributed by atoms with Gasteiger partial charge in [0.15, 0.2) is 34.9 Å². The molecule has 0 fully saturated rings. The van der Waals surface area contributed by atoms with Crippen molar-refractivity contribution < 1.29 is 0 Å². The van der Waals surface area contributed by atoms with Crippen molar-refractivity contribution in [1.82, 2.24) is 59.8 Å². The monoisotopic (exact) mass is 1640 g/mol. The molecule has 0 unspecified atom stereocenters. The van der Waals surface area contributed by atoms with Crippen molar-refractivity contribution in [2.75, 3.05) is 0 Å². The van der Waals surface area contributed by atoms with Gasteiger partial charge >= 0.3 is 0 Å². The van der Waals surface area contributed by atoms with Gasteiger partial charge in [0.25, 0.3) is 0 Å². The van der Waals surface area contributed by atoms with Gasteiger partial charge in [0, 0.05) is 101 Å². The van der Waals surface area contributed by atoms with Crippen LogP contribution in [0.15, 0.2) is 328 Å².